The molecule has 1 heterocycles. The predicted octanol–water partition coefficient (Wildman–Crippen LogP) is 2.65. The summed E-state index contributed by atoms with van der Waals surface area (Å²) < 4.78 is 11.2. The van der Waals surface area contributed by atoms with E-state index in [4.69, 9.17) is 14.6 Å². The summed E-state index contributed by atoms with van der Waals surface area (Å²) in [5.41, 5.74) is 2.27. The van der Waals surface area contributed by atoms with E-state index in [9.17, 15) is 9.59 Å². The van der Waals surface area contributed by atoms with Gasteiger partial charge in [0.1, 0.15) is 17.6 Å². The summed E-state index contributed by atoms with van der Waals surface area (Å²) in [5, 5.41) is 11.8. The van der Waals surface area contributed by atoms with Crippen LogP contribution in [-0.2, 0) is 13.0 Å². The zero-order valence-electron chi connectivity index (χ0n) is 14.0. The number of methoxy groups -OCH3 is 1. The number of ether oxygens (including phenoxy) is 2. The highest BCUT2D eigenvalue weighted by atomic mass is 16.5. The summed E-state index contributed by atoms with van der Waals surface area (Å²) in [6, 6.07) is 9.73. The average Bonchev–Trinajstić information content (AvgIpc) is 2.97. The van der Waals surface area contributed by atoms with Crippen LogP contribution in [0.25, 0.3) is 0 Å². The van der Waals surface area contributed by atoms with E-state index in [2.05, 4.69) is 5.32 Å². The zero-order valence-corrected chi connectivity index (χ0v) is 14.0. The second-order valence-electron chi connectivity index (χ2n) is 5.97. The normalized spacial score (nSPS) is 15.2. The highest BCUT2D eigenvalue weighted by Crippen LogP contribution is 2.34. The molecule has 2 aromatic carbocycles. The number of hydrogen-bond acceptors (Lipinski definition) is 4. The number of benzene rings is 2. The van der Waals surface area contributed by atoms with Gasteiger partial charge < -0.3 is 19.9 Å². The van der Waals surface area contributed by atoms with E-state index in [-0.39, 0.29) is 24.1 Å². The van der Waals surface area contributed by atoms with Crippen molar-refractivity contribution >= 4 is 11.9 Å². The fourth-order valence-electron chi connectivity index (χ4n) is 2.88. The van der Waals surface area contributed by atoms with Crippen molar-refractivity contribution in [2.24, 2.45) is 0 Å². The molecule has 3 rings (SSSR count). The van der Waals surface area contributed by atoms with Crippen LogP contribution >= 0.6 is 0 Å². The molecule has 0 saturated heterocycles. The third kappa shape index (κ3) is 3.57. The van der Waals surface area contributed by atoms with Crippen molar-refractivity contribution in [3.8, 4) is 11.5 Å². The van der Waals surface area contributed by atoms with Gasteiger partial charge in [-0.3, -0.25) is 4.79 Å². The number of amides is 1. The number of nitrogens with one attached hydrogen (secondary N) is 1. The van der Waals surface area contributed by atoms with E-state index in [1.165, 1.54) is 12.1 Å². The molecule has 2 N–H and O–H groups in total. The number of fused-ring (bicyclic) bond motifs is 1. The number of carbonyl (C=O) groups is 2. The summed E-state index contributed by atoms with van der Waals surface area (Å²) in [5.74, 6) is 0.0857. The van der Waals surface area contributed by atoms with E-state index >= 15 is 0 Å². The monoisotopic (exact) mass is 341 g/mol. The minimum Gasteiger partial charge on any atom is -0.496 e. The third-order valence-electron chi connectivity index (χ3n) is 4.11. The van der Waals surface area contributed by atoms with Gasteiger partial charge in [0.2, 0.25) is 0 Å². The fourth-order valence-corrected chi connectivity index (χ4v) is 2.88. The van der Waals surface area contributed by atoms with Crippen LogP contribution in [0.5, 0.6) is 11.5 Å². The van der Waals surface area contributed by atoms with Gasteiger partial charge in [-0.2, -0.15) is 0 Å². The molecule has 1 aliphatic rings. The molecule has 0 aromatic heterocycles. The lowest BCUT2D eigenvalue weighted by Crippen LogP contribution is -2.23. The maximum atomic E-state index is 12.3. The summed E-state index contributed by atoms with van der Waals surface area (Å²) in [7, 11) is 1.59. The lowest BCUT2D eigenvalue weighted by Gasteiger charge is -2.12. The van der Waals surface area contributed by atoms with Crippen LogP contribution in [0.2, 0.25) is 0 Å². The summed E-state index contributed by atoms with van der Waals surface area (Å²) in [6.45, 7) is 2.26. The Morgan fingerprint density at radius 3 is 2.76 bits per heavy atom. The Hall–Kier alpha value is -3.02. The van der Waals surface area contributed by atoms with E-state index in [1.54, 1.807) is 19.2 Å². The number of rotatable bonds is 5. The van der Waals surface area contributed by atoms with Gasteiger partial charge >= 0.3 is 5.97 Å². The van der Waals surface area contributed by atoms with Crippen LogP contribution in [0.15, 0.2) is 36.4 Å². The molecule has 0 radical (unpaired) electrons. The van der Waals surface area contributed by atoms with Gasteiger partial charge in [0.25, 0.3) is 5.91 Å². The van der Waals surface area contributed by atoms with Crippen LogP contribution in [-0.4, -0.2) is 30.2 Å². The number of carbonyl (C=O) groups excluding carboxylic acids is 1. The molecule has 2 aromatic rings. The first-order chi connectivity index (χ1) is 12.0. The van der Waals surface area contributed by atoms with Gasteiger partial charge in [-0.05, 0) is 37.3 Å². The maximum Gasteiger partial charge on any atom is 0.335 e. The van der Waals surface area contributed by atoms with Crippen molar-refractivity contribution in [1.82, 2.24) is 5.32 Å². The molecule has 0 aliphatic carbocycles. The van der Waals surface area contributed by atoms with Gasteiger partial charge in [0.05, 0.1) is 12.7 Å². The Morgan fingerprint density at radius 1 is 1.28 bits per heavy atom. The molecular formula is C19H19NO5. The first-order valence-corrected chi connectivity index (χ1v) is 7.96. The molecular weight excluding hydrogens is 322 g/mol. The van der Waals surface area contributed by atoms with Crippen molar-refractivity contribution in [3.63, 3.8) is 0 Å². The average molecular weight is 341 g/mol. The molecule has 0 spiro atoms. The van der Waals surface area contributed by atoms with Crippen molar-refractivity contribution < 1.29 is 24.2 Å². The van der Waals surface area contributed by atoms with Gasteiger partial charge in [0, 0.05) is 29.7 Å². The van der Waals surface area contributed by atoms with Crippen LogP contribution in [0.3, 0.4) is 0 Å². The molecule has 1 amide bonds. The maximum absolute atomic E-state index is 12.3. The molecule has 130 valence electrons. The molecule has 1 atom stereocenters. The lowest BCUT2D eigenvalue weighted by molar-refractivity contribution is 0.0697. The molecule has 0 bridgehead atoms. The summed E-state index contributed by atoms with van der Waals surface area (Å²) >= 11 is 0. The molecule has 25 heavy (non-hydrogen) atoms. The summed E-state index contributed by atoms with van der Waals surface area (Å²) in [6.07, 6.45) is 0.962. The first-order valence-electron chi connectivity index (χ1n) is 7.96. The first kappa shape index (κ1) is 16.8. The quantitative estimate of drug-likeness (QED) is 0.873. The topological polar surface area (TPSA) is 84.9 Å². The Labute approximate surface area is 145 Å². The van der Waals surface area contributed by atoms with Crippen LogP contribution in [0.1, 0.15) is 38.8 Å². The number of aromatic carboxylic acids is 1. The minimum atomic E-state index is -1.07. The van der Waals surface area contributed by atoms with Crippen LogP contribution in [0, 0.1) is 0 Å². The lowest BCUT2D eigenvalue weighted by atomic mass is 10.1. The number of hydrogen-bond donors (Lipinski definition) is 2. The van der Waals surface area contributed by atoms with Crippen molar-refractivity contribution in [2.75, 3.05) is 7.11 Å². The molecule has 6 nitrogen and oxygen atoms in total. The number of carboxylic acids is 1. The summed E-state index contributed by atoms with van der Waals surface area (Å²) in [4.78, 5) is 23.3. The third-order valence-corrected chi connectivity index (χ3v) is 4.11. The molecule has 0 saturated carbocycles. The zero-order chi connectivity index (χ0) is 18.0. The van der Waals surface area contributed by atoms with E-state index in [0.29, 0.717) is 11.3 Å². The molecule has 1 aliphatic heterocycles. The Morgan fingerprint density at radius 2 is 2.04 bits per heavy atom. The fraction of sp³-hybridized carbons (Fsp3) is 0.263. The number of carboxylic acid groups (broad SMARTS) is 1. The SMILES string of the molecule is COc1cc2c(cc1CNC(=O)c1cccc(C(=O)O)c1)OC(C)C2. The standard InChI is InChI=1S/C19H19NO5/c1-11-6-14-8-16(24-2)15(9-17(14)25-11)10-20-18(21)12-4-3-5-13(7-12)19(22)23/h3-5,7-9,11H,6,10H2,1-2H3,(H,20,21)(H,22,23). The molecule has 0 fully saturated rings. The van der Waals surface area contributed by atoms with Crippen LogP contribution < -0.4 is 14.8 Å². The predicted molar refractivity (Wildman–Crippen MR) is 91.4 cm³/mol. The van der Waals surface area contributed by atoms with Gasteiger partial charge in [-0.1, -0.05) is 6.07 Å². The largest absolute Gasteiger partial charge is 0.496 e. The van der Waals surface area contributed by atoms with Crippen molar-refractivity contribution in [3.05, 3.63) is 58.7 Å². The van der Waals surface area contributed by atoms with Gasteiger partial charge in [-0.15, -0.1) is 0 Å². The molecule has 1 unspecified atom stereocenters. The second-order valence-corrected chi connectivity index (χ2v) is 5.97. The van der Waals surface area contributed by atoms with E-state index in [0.717, 1.165) is 23.3 Å². The second kappa shape index (κ2) is 6.84. The van der Waals surface area contributed by atoms with Crippen LogP contribution in [0.4, 0.5) is 0 Å². The Bertz CT molecular complexity index is 831. The molecule has 6 heteroatoms. The minimum absolute atomic E-state index is 0.0742. The Balaban J connectivity index is 1.75. The van der Waals surface area contributed by atoms with Crippen molar-refractivity contribution in [2.45, 2.75) is 26.0 Å². The van der Waals surface area contributed by atoms with Crippen molar-refractivity contribution in [1.29, 1.82) is 0 Å². The van der Waals surface area contributed by atoms with Gasteiger partial charge in [-0.25, -0.2) is 4.79 Å². The highest BCUT2D eigenvalue weighted by molar-refractivity contribution is 5.97. The Kier molecular flexibility index (Phi) is 4.61. The van der Waals surface area contributed by atoms with E-state index in [1.807, 2.05) is 19.1 Å². The highest BCUT2D eigenvalue weighted by Gasteiger charge is 2.22. The van der Waals surface area contributed by atoms with Gasteiger partial charge in [0.15, 0.2) is 0 Å². The van der Waals surface area contributed by atoms with E-state index < -0.39 is 5.97 Å². The smallest absolute Gasteiger partial charge is 0.335 e.